The van der Waals surface area contributed by atoms with Gasteiger partial charge in [-0.25, -0.2) is 4.68 Å². The number of anilines is 1. The third kappa shape index (κ3) is 2.99. The Morgan fingerprint density at radius 2 is 1.94 bits per heavy atom. The van der Waals surface area contributed by atoms with Crippen LogP contribution in [0.5, 0.6) is 0 Å². The van der Waals surface area contributed by atoms with Crippen molar-refractivity contribution in [3.05, 3.63) is 51.7 Å². The van der Waals surface area contributed by atoms with Gasteiger partial charge in [0.15, 0.2) is 0 Å². The zero-order chi connectivity index (χ0) is 13.1. The number of halogens is 3. The fourth-order valence-electron chi connectivity index (χ4n) is 1.47. The summed E-state index contributed by atoms with van der Waals surface area (Å²) < 4.78 is 1.63. The van der Waals surface area contributed by atoms with Crippen LogP contribution in [0.1, 0.15) is 5.56 Å². The van der Waals surface area contributed by atoms with Crippen molar-refractivity contribution in [2.75, 3.05) is 5.32 Å². The van der Waals surface area contributed by atoms with E-state index in [9.17, 15) is 0 Å². The van der Waals surface area contributed by atoms with Crippen LogP contribution in [-0.2, 0) is 6.54 Å². The SMILES string of the molecule is C=Cn1cc(CNc2c(Cl)cc(Cl)cc2Cl)cn1. The number of aromatic nitrogens is 2. The predicted octanol–water partition coefficient (Wildman–Crippen LogP) is 4.56. The zero-order valence-corrected chi connectivity index (χ0v) is 11.6. The highest BCUT2D eigenvalue weighted by molar-refractivity contribution is 6.41. The largest absolute Gasteiger partial charge is 0.378 e. The van der Waals surface area contributed by atoms with Crippen LogP contribution >= 0.6 is 34.8 Å². The van der Waals surface area contributed by atoms with E-state index >= 15 is 0 Å². The number of nitrogens with one attached hydrogen (secondary N) is 1. The Kier molecular flexibility index (Phi) is 4.17. The maximum atomic E-state index is 6.07. The van der Waals surface area contributed by atoms with Crippen LogP contribution in [0.25, 0.3) is 6.20 Å². The first-order valence-corrected chi connectivity index (χ1v) is 6.27. The molecule has 0 saturated heterocycles. The van der Waals surface area contributed by atoms with Crippen molar-refractivity contribution in [3.63, 3.8) is 0 Å². The van der Waals surface area contributed by atoms with Crippen LogP contribution in [0.3, 0.4) is 0 Å². The first kappa shape index (κ1) is 13.3. The molecule has 0 saturated carbocycles. The van der Waals surface area contributed by atoms with Gasteiger partial charge in [-0.1, -0.05) is 41.4 Å². The minimum Gasteiger partial charge on any atom is -0.378 e. The maximum Gasteiger partial charge on any atom is 0.0722 e. The van der Waals surface area contributed by atoms with E-state index in [1.54, 1.807) is 29.2 Å². The summed E-state index contributed by atoms with van der Waals surface area (Å²) >= 11 is 18.0. The van der Waals surface area contributed by atoms with E-state index in [2.05, 4.69) is 17.0 Å². The molecule has 1 heterocycles. The molecular formula is C12H10Cl3N3. The van der Waals surface area contributed by atoms with Crippen LogP contribution in [0.15, 0.2) is 31.1 Å². The fourth-order valence-corrected chi connectivity index (χ4v) is 2.42. The van der Waals surface area contributed by atoms with Gasteiger partial charge >= 0.3 is 0 Å². The van der Waals surface area contributed by atoms with Gasteiger partial charge < -0.3 is 5.32 Å². The Bertz CT molecular complexity index is 555. The third-order valence-corrected chi connectivity index (χ3v) is 3.13. The average molecular weight is 303 g/mol. The van der Waals surface area contributed by atoms with Crippen molar-refractivity contribution in [1.29, 1.82) is 0 Å². The van der Waals surface area contributed by atoms with E-state index in [4.69, 9.17) is 34.8 Å². The summed E-state index contributed by atoms with van der Waals surface area (Å²) in [4.78, 5) is 0. The molecule has 1 aromatic carbocycles. The lowest BCUT2D eigenvalue weighted by atomic mass is 10.3. The zero-order valence-electron chi connectivity index (χ0n) is 9.33. The van der Waals surface area contributed by atoms with Crippen LogP contribution in [0.2, 0.25) is 15.1 Å². The molecule has 2 rings (SSSR count). The second-order valence-electron chi connectivity index (χ2n) is 3.61. The van der Waals surface area contributed by atoms with Crippen molar-refractivity contribution >= 4 is 46.7 Å². The highest BCUT2D eigenvalue weighted by atomic mass is 35.5. The highest BCUT2D eigenvalue weighted by Crippen LogP contribution is 2.33. The van der Waals surface area contributed by atoms with E-state index in [1.807, 2.05) is 6.20 Å². The molecule has 18 heavy (non-hydrogen) atoms. The lowest BCUT2D eigenvalue weighted by molar-refractivity contribution is 0.936. The normalized spacial score (nSPS) is 10.4. The Balaban J connectivity index is 2.12. The van der Waals surface area contributed by atoms with E-state index in [0.29, 0.717) is 27.3 Å². The van der Waals surface area contributed by atoms with Gasteiger partial charge in [-0.05, 0) is 12.1 Å². The minimum absolute atomic E-state index is 0.489. The second-order valence-corrected chi connectivity index (χ2v) is 4.86. The Morgan fingerprint density at radius 3 is 2.50 bits per heavy atom. The van der Waals surface area contributed by atoms with Crippen molar-refractivity contribution in [1.82, 2.24) is 9.78 Å². The van der Waals surface area contributed by atoms with Gasteiger partial charge in [-0.3, -0.25) is 0 Å². The van der Waals surface area contributed by atoms with Gasteiger partial charge in [0.2, 0.25) is 0 Å². The molecule has 0 bridgehead atoms. The van der Waals surface area contributed by atoms with Crippen LogP contribution in [0.4, 0.5) is 5.69 Å². The number of benzene rings is 1. The summed E-state index contributed by atoms with van der Waals surface area (Å²) in [5.41, 5.74) is 1.66. The van der Waals surface area contributed by atoms with E-state index in [0.717, 1.165) is 5.56 Å². The molecule has 0 atom stereocenters. The highest BCUT2D eigenvalue weighted by Gasteiger charge is 2.07. The fraction of sp³-hybridized carbons (Fsp3) is 0.0833. The number of hydrogen-bond acceptors (Lipinski definition) is 2. The number of nitrogens with zero attached hydrogens (tertiary/aromatic N) is 2. The van der Waals surface area contributed by atoms with Gasteiger partial charge in [0.05, 0.1) is 21.9 Å². The van der Waals surface area contributed by atoms with E-state index in [-0.39, 0.29) is 0 Å². The van der Waals surface area contributed by atoms with Gasteiger partial charge in [0.1, 0.15) is 0 Å². The summed E-state index contributed by atoms with van der Waals surface area (Å²) in [6.07, 6.45) is 5.22. The van der Waals surface area contributed by atoms with Crippen molar-refractivity contribution < 1.29 is 0 Å². The van der Waals surface area contributed by atoms with Crippen molar-refractivity contribution in [2.45, 2.75) is 6.54 Å². The summed E-state index contributed by atoms with van der Waals surface area (Å²) in [5.74, 6) is 0. The van der Waals surface area contributed by atoms with Gasteiger partial charge in [-0.2, -0.15) is 5.10 Å². The molecule has 0 aliphatic rings. The van der Waals surface area contributed by atoms with E-state index < -0.39 is 0 Å². The predicted molar refractivity (Wildman–Crippen MR) is 77.4 cm³/mol. The Morgan fingerprint density at radius 1 is 1.28 bits per heavy atom. The first-order chi connectivity index (χ1) is 8.60. The molecule has 6 heteroatoms. The lowest BCUT2D eigenvalue weighted by Crippen LogP contribution is -1.99. The summed E-state index contributed by atoms with van der Waals surface area (Å²) in [7, 11) is 0. The van der Waals surface area contributed by atoms with Crippen LogP contribution in [-0.4, -0.2) is 9.78 Å². The molecule has 94 valence electrons. The van der Waals surface area contributed by atoms with Gasteiger partial charge in [-0.15, -0.1) is 0 Å². The molecule has 1 aromatic heterocycles. The Labute approximate surface area is 120 Å². The smallest absolute Gasteiger partial charge is 0.0722 e. The number of hydrogen-bond donors (Lipinski definition) is 1. The van der Waals surface area contributed by atoms with Crippen molar-refractivity contribution in [2.24, 2.45) is 0 Å². The molecule has 0 amide bonds. The number of rotatable bonds is 4. The van der Waals surface area contributed by atoms with E-state index in [1.165, 1.54) is 0 Å². The maximum absolute atomic E-state index is 6.07. The second kappa shape index (κ2) is 5.65. The summed E-state index contributed by atoms with van der Waals surface area (Å²) in [6.45, 7) is 4.19. The molecule has 2 aromatic rings. The first-order valence-electron chi connectivity index (χ1n) is 5.14. The molecule has 0 aliphatic heterocycles. The quantitative estimate of drug-likeness (QED) is 0.897. The summed E-state index contributed by atoms with van der Waals surface area (Å²) in [6, 6.07) is 3.29. The molecule has 0 spiro atoms. The monoisotopic (exact) mass is 301 g/mol. The third-order valence-electron chi connectivity index (χ3n) is 2.32. The molecule has 3 nitrogen and oxygen atoms in total. The molecule has 1 N–H and O–H groups in total. The molecule has 0 radical (unpaired) electrons. The van der Waals surface area contributed by atoms with Gasteiger partial charge in [0.25, 0.3) is 0 Å². The van der Waals surface area contributed by atoms with Crippen molar-refractivity contribution in [3.8, 4) is 0 Å². The Hall–Kier alpha value is -1.16. The molecule has 0 aliphatic carbocycles. The topological polar surface area (TPSA) is 29.9 Å². The molecule has 0 unspecified atom stereocenters. The molecule has 0 fully saturated rings. The average Bonchev–Trinajstić information content (AvgIpc) is 2.75. The summed E-state index contributed by atoms with van der Waals surface area (Å²) in [5, 5.41) is 8.72. The van der Waals surface area contributed by atoms with Gasteiger partial charge in [0, 0.05) is 29.5 Å². The molecular weight excluding hydrogens is 293 g/mol. The lowest BCUT2D eigenvalue weighted by Gasteiger charge is -2.09. The van der Waals surface area contributed by atoms with Crippen LogP contribution in [0, 0.1) is 0 Å². The standard InChI is InChI=1S/C12H10Cl3N3/c1-2-18-7-8(6-17-18)5-16-12-10(14)3-9(13)4-11(12)15/h2-4,6-7,16H,1,5H2. The minimum atomic E-state index is 0.489. The van der Waals surface area contributed by atoms with Crippen LogP contribution < -0.4 is 5.32 Å².